The van der Waals surface area contributed by atoms with Crippen molar-refractivity contribution in [1.29, 1.82) is 0 Å². The van der Waals surface area contributed by atoms with E-state index in [-0.39, 0.29) is 24.0 Å². The third-order valence-corrected chi connectivity index (χ3v) is 5.82. The molecule has 1 N–H and O–H groups in total. The molecular formula is C26H24ClF3N2O. The lowest BCUT2D eigenvalue weighted by Gasteiger charge is -2.18. The van der Waals surface area contributed by atoms with Gasteiger partial charge in [-0.25, -0.2) is 4.98 Å². The summed E-state index contributed by atoms with van der Waals surface area (Å²) in [5.74, 6) is 1.06. The maximum atomic E-state index is 13.2. The second-order valence-electron chi connectivity index (χ2n) is 8.97. The average Bonchev–Trinajstić information content (AvgIpc) is 3.17. The van der Waals surface area contributed by atoms with Gasteiger partial charge in [0, 0.05) is 12.0 Å². The Kier molecular flexibility index (Phi) is 6.14. The van der Waals surface area contributed by atoms with Crippen LogP contribution in [0, 0.1) is 0 Å². The lowest BCUT2D eigenvalue weighted by atomic mass is 9.87. The van der Waals surface area contributed by atoms with Crippen molar-refractivity contribution in [3.05, 3.63) is 82.4 Å². The van der Waals surface area contributed by atoms with Crippen LogP contribution in [0.4, 0.5) is 13.2 Å². The third-order valence-electron chi connectivity index (χ3n) is 5.50. The number of nitrogens with one attached hydrogen (secondary N) is 1. The maximum absolute atomic E-state index is 13.2. The number of ether oxygens (including phenoxy) is 1. The number of hydrogen-bond acceptors (Lipinski definition) is 2. The normalized spacial score (nSPS) is 12.3. The molecule has 0 bridgehead atoms. The SMILES string of the molecule is CC(C)(C)c1ccc2nc(-c3ccc(Cl)c(OCCc4ccccc4C(F)(F)F)c3)[nH]c2c1. The maximum Gasteiger partial charge on any atom is 0.416 e. The second kappa shape index (κ2) is 8.75. The Labute approximate surface area is 195 Å². The Balaban J connectivity index is 1.54. The van der Waals surface area contributed by atoms with E-state index in [4.69, 9.17) is 16.3 Å². The summed E-state index contributed by atoms with van der Waals surface area (Å²) in [7, 11) is 0. The molecule has 33 heavy (non-hydrogen) atoms. The number of aromatic amines is 1. The molecule has 4 rings (SSSR count). The first-order valence-corrected chi connectivity index (χ1v) is 11.0. The number of imidazole rings is 1. The molecule has 0 aliphatic heterocycles. The van der Waals surface area contributed by atoms with Gasteiger partial charge in [-0.15, -0.1) is 0 Å². The topological polar surface area (TPSA) is 37.9 Å². The molecule has 0 saturated heterocycles. The van der Waals surface area contributed by atoms with Crippen LogP contribution in [0.1, 0.15) is 37.5 Å². The smallest absolute Gasteiger partial charge is 0.416 e. The van der Waals surface area contributed by atoms with Gasteiger partial charge in [0.25, 0.3) is 0 Å². The van der Waals surface area contributed by atoms with Crippen molar-refractivity contribution < 1.29 is 17.9 Å². The monoisotopic (exact) mass is 472 g/mol. The molecule has 0 atom stereocenters. The molecule has 0 aliphatic rings. The highest BCUT2D eigenvalue weighted by atomic mass is 35.5. The van der Waals surface area contributed by atoms with E-state index in [1.165, 1.54) is 17.7 Å². The Morgan fingerprint density at radius 3 is 2.45 bits per heavy atom. The second-order valence-corrected chi connectivity index (χ2v) is 9.37. The number of alkyl halides is 3. The Bertz CT molecular complexity index is 1290. The number of fused-ring (bicyclic) bond motifs is 1. The van der Waals surface area contributed by atoms with E-state index in [2.05, 4.69) is 42.9 Å². The molecule has 0 amide bonds. The van der Waals surface area contributed by atoms with Crippen LogP contribution in [0.3, 0.4) is 0 Å². The number of nitrogens with zero attached hydrogens (tertiary/aromatic N) is 1. The first kappa shape index (κ1) is 23.2. The molecule has 4 aromatic rings. The molecular weight excluding hydrogens is 449 g/mol. The van der Waals surface area contributed by atoms with E-state index in [1.807, 2.05) is 12.1 Å². The van der Waals surface area contributed by atoms with Crippen LogP contribution in [0.2, 0.25) is 5.02 Å². The summed E-state index contributed by atoms with van der Waals surface area (Å²) in [4.78, 5) is 8.01. The van der Waals surface area contributed by atoms with Gasteiger partial charge in [-0.05, 0) is 52.9 Å². The van der Waals surface area contributed by atoms with E-state index < -0.39 is 11.7 Å². The quantitative estimate of drug-likeness (QED) is 0.321. The zero-order valence-corrected chi connectivity index (χ0v) is 19.3. The van der Waals surface area contributed by atoms with Gasteiger partial charge < -0.3 is 9.72 Å². The molecule has 0 radical (unpaired) electrons. The first-order valence-electron chi connectivity index (χ1n) is 10.6. The van der Waals surface area contributed by atoms with Crippen LogP contribution in [-0.4, -0.2) is 16.6 Å². The molecule has 7 heteroatoms. The minimum absolute atomic E-state index is 0.0193. The largest absolute Gasteiger partial charge is 0.492 e. The summed E-state index contributed by atoms with van der Waals surface area (Å²) in [6.07, 6.45) is -4.29. The molecule has 3 nitrogen and oxygen atoms in total. The van der Waals surface area contributed by atoms with Crippen molar-refractivity contribution in [2.75, 3.05) is 6.61 Å². The lowest BCUT2D eigenvalue weighted by molar-refractivity contribution is -0.138. The van der Waals surface area contributed by atoms with Crippen LogP contribution in [0.15, 0.2) is 60.7 Å². The minimum Gasteiger partial charge on any atom is -0.492 e. The number of H-pyrrole nitrogens is 1. The van der Waals surface area contributed by atoms with Crippen LogP contribution in [0.5, 0.6) is 5.75 Å². The predicted molar refractivity (Wildman–Crippen MR) is 126 cm³/mol. The van der Waals surface area contributed by atoms with Gasteiger partial charge in [-0.3, -0.25) is 0 Å². The summed E-state index contributed by atoms with van der Waals surface area (Å²) >= 11 is 6.28. The lowest BCUT2D eigenvalue weighted by Crippen LogP contribution is -2.11. The van der Waals surface area contributed by atoms with E-state index in [1.54, 1.807) is 18.2 Å². The molecule has 1 heterocycles. The number of rotatable bonds is 5. The molecule has 3 aromatic carbocycles. The summed E-state index contributed by atoms with van der Waals surface area (Å²) in [6, 6.07) is 16.9. The van der Waals surface area contributed by atoms with Crippen molar-refractivity contribution in [2.24, 2.45) is 0 Å². The number of halogens is 4. The fourth-order valence-electron chi connectivity index (χ4n) is 3.66. The standard InChI is InChI=1S/C26H24ClF3N2O/c1-25(2,3)18-9-11-21-22(15-18)32-24(31-21)17-8-10-20(27)23(14-17)33-13-12-16-6-4-5-7-19(16)26(28,29)30/h4-11,14-15H,12-13H2,1-3H3,(H,31,32). The van der Waals surface area contributed by atoms with Gasteiger partial charge in [-0.1, -0.05) is 56.6 Å². The number of benzene rings is 3. The van der Waals surface area contributed by atoms with Gasteiger partial charge in [0.1, 0.15) is 11.6 Å². The van der Waals surface area contributed by atoms with Gasteiger partial charge in [0.15, 0.2) is 0 Å². The molecule has 1 aromatic heterocycles. The fourth-order valence-corrected chi connectivity index (χ4v) is 3.83. The summed E-state index contributed by atoms with van der Waals surface area (Å²) in [5.41, 5.74) is 3.31. The molecule has 0 fully saturated rings. The number of aromatic nitrogens is 2. The third kappa shape index (κ3) is 5.17. The minimum atomic E-state index is -4.40. The zero-order valence-electron chi connectivity index (χ0n) is 18.6. The Morgan fingerprint density at radius 2 is 1.73 bits per heavy atom. The van der Waals surface area contributed by atoms with E-state index >= 15 is 0 Å². The molecule has 0 unspecified atom stereocenters. The van der Waals surface area contributed by atoms with Crippen molar-refractivity contribution in [1.82, 2.24) is 9.97 Å². The fraction of sp³-hybridized carbons (Fsp3) is 0.269. The average molecular weight is 473 g/mol. The highest BCUT2D eigenvalue weighted by Crippen LogP contribution is 2.34. The molecule has 172 valence electrons. The van der Waals surface area contributed by atoms with Gasteiger partial charge >= 0.3 is 6.18 Å². The Morgan fingerprint density at radius 1 is 0.970 bits per heavy atom. The summed E-state index contributed by atoms with van der Waals surface area (Å²) in [5, 5.41) is 0.383. The van der Waals surface area contributed by atoms with E-state index in [0.717, 1.165) is 22.7 Å². The van der Waals surface area contributed by atoms with Crippen LogP contribution in [-0.2, 0) is 18.0 Å². The highest BCUT2D eigenvalue weighted by Gasteiger charge is 2.32. The van der Waals surface area contributed by atoms with Crippen molar-refractivity contribution in [3.8, 4) is 17.1 Å². The van der Waals surface area contributed by atoms with Crippen LogP contribution < -0.4 is 4.74 Å². The van der Waals surface area contributed by atoms with E-state index in [9.17, 15) is 13.2 Å². The van der Waals surface area contributed by atoms with Crippen LogP contribution in [0.25, 0.3) is 22.4 Å². The van der Waals surface area contributed by atoms with Crippen molar-refractivity contribution >= 4 is 22.6 Å². The van der Waals surface area contributed by atoms with Crippen molar-refractivity contribution in [2.45, 2.75) is 38.8 Å². The van der Waals surface area contributed by atoms with Crippen molar-refractivity contribution in [3.63, 3.8) is 0 Å². The zero-order chi connectivity index (χ0) is 23.8. The van der Waals surface area contributed by atoms with Gasteiger partial charge in [-0.2, -0.15) is 13.2 Å². The van der Waals surface area contributed by atoms with Gasteiger partial charge in [0.2, 0.25) is 0 Å². The summed E-state index contributed by atoms with van der Waals surface area (Å²) < 4.78 is 45.4. The molecule has 0 saturated carbocycles. The Hall–Kier alpha value is -2.99. The molecule has 0 aliphatic carbocycles. The summed E-state index contributed by atoms with van der Waals surface area (Å²) in [6.45, 7) is 6.52. The van der Waals surface area contributed by atoms with Crippen LogP contribution >= 0.6 is 11.6 Å². The molecule has 0 spiro atoms. The van der Waals surface area contributed by atoms with Gasteiger partial charge in [0.05, 0.1) is 28.2 Å². The highest BCUT2D eigenvalue weighted by molar-refractivity contribution is 6.32. The van der Waals surface area contributed by atoms with E-state index in [0.29, 0.717) is 16.6 Å². The number of hydrogen-bond donors (Lipinski definition) is 1. The predicted octanol–water partition coefficient (Wildman–Crippen LogP) is 7.82. The first-order chi connectivity index (χ1) is 15.5.